The van der Waals surface area contributed by atoms with Gasteiger partial charge in [-0.2, -0.15) is 11.8 Å². The van der Waals surface area contributed by atoms with E-state index in [2.05, 4.69) is 10.3 Å². The van der Waals surface area contributed by atoms with Crippen molar-refractivity contribution in [3.05, 3.63) is 33.7 Å². The molecule has 0 aromatic carbocycles. The summed E-state index contributed by atoms with van der Waals surface area (Å²) in [7, 11) is 0. The number of carbonyl (C=O) groups excluding carboxylic acids is 1. The molecule has 0 unspecified atom stereocenters. The van der Waals surface area contributed by atoms with Crippen LogP contribution in [-0.4, -0.2) is 29.4 Å². The quantitative estimate of drug-likeness (QED) is 0.771. The molecule has 0 bridgehead atoms. The summed E-state index contributed by atoms with van der Waals surface area (Å²) in [4.78, 5) is 26.4. The van der Waals surface area contributed by atoms with Crippen LogP contribution in [-0.2, 0) is 0 Å². The first-order chi connectivity index (χ1) is 8.72. The number of carbonyl (C=O) groups is 1. The van der Waals surface area contributed by atoms with Crippen LogP contribution in [0.5, 0.6) is 0 Å². The Balaban J connectivity index is 1.95. The summed E-state index contributed by atoms with van der Waals surface area (Å²) in [5, 5.41) is 2.77. The van der Waals surface area contributed by atoms with Gasteiger partial charge in [0.15, 0.2) is 0 Å². The highest BCUT2D eigenvalue weighted by atomic mass is 32.2. The Morgan fingerprint density at radius 3 is 2.89 bits per heavy atom. The molecule has 0 radical (unpaired) electrons. The molecule has 1 aromatic heterocycles. The van der Waals surface area contributed by atoms with Crippen molar-refractivity contribution in [3.63, 3.8) is 0 Å². The number of aromatic amines is 1. The smallest absolute Gasteiger partial charge is 0.261 e. The summed E-state index contributed by atoms with van der Waals surface area (Å²) in [6.07, 6.45) is 5.22. The average molecular weight is 266 g/mol. The third-order valence-corrected chi connectivity index (χ3v) is 3.70. The molecule has 2 rings (SSSR count). The Morgan fingerprint density at radius 2 is 2.28 bits per heavy atom. The molecule has 18 heavy (non-hydrogen) atoms. The number of rotatable bonds is 6. The van der Waals surface area contributed by atoms with E-state index in [9.17, 15) is 9.59 Å². The summed E-state index contributed by atoms with van der Waals surface area (Å²) in [5.41, 5.74) is 0.893. The topological polar surface area (TPSA) is 62.0 Å². The highest BCUT2D eigenvalue weighted by molar-refractivity contribution is 7.98. The number of thioether (sulfide) groups is 1. The normalized spacial score (nSPS) is 14.5. The number of aromatic nitrogens is 1. The Kier molecular flexibility index (Phi) is 4.47. The summed E-state index contributed by atoms with van der Waals surface area (Å²) in [5.74, 6) is 1.23. The van der Waals surface area contributed by atoms with E-state index >= 15 is 0 Å². The lowest BCUT2D eigenvalue weighted by molar-refractivity contribution is 0.0952. The molecule has 4 nitrogen and oxygen atoms in total. The van der Waals surface area contributed by atoms with Crippen molar-refractivity contribution in [2.45, 2.75) is 25.2 Å². The highest BCUT2D eigenvalue weighted by Crippen LogP contribution is 2.38. The highest BCUT2D eigenvalue weighted by Gasteiger charge is 2.25. The van der Waals surface area contributed by atoms with Crippen LogP contribution in [0.25, 0.3) is 0 Å². The SMILES string of the molecule is CSCCCNC(=O)c1ccc(C2CC2)[nH]c1=O. The van der Waals surface area contributed by atoms with E-state index in [-0.39, 0.29) is 17.0 Å². The predicted octanol–water partition coefficient (Wildman–Crippen LogP) is 1.74. The standard InChI is InChI=1S/C13H18N2O2S/c1-18-8-2-7-14-12(16)10-5-6-11(9-3-4-9)15-13(10)17/h5-6,9H,2-4,7-8H2,1H3,(H,14,16)(H,15,17). The molecule has 0 aliphatic heterocycles. The molecule has 1 heterocycles. The molecule has 1 saturated carbocycles. The van der Waals surface area contributed by atoms with Gasteiger partial charge in [0.1, 0.15) is 5.56 Å². The van der Waals surface area contributed by atoms with Crippen LogP contribution < -0.4 is 10.9 Å². The second kappa shape index (κ2) is 6.09. The van der Waals surface area contributed by atoms with E-state index < -0.39 is 0 Å². The van der Waals surface area contributed by atoms with E-state index in [0.717, 1.165) is 30.7 Å². The van der Waals surface area contributed by atoms with Gasteiger partial charge in [0.05, 0.1) is 0 Å². The Labute approximate surface area is 111 Å². The Morgan fingerprint density at radius 1 is 1.50 bits per heavy atom. The summed E-state index contributed by atoms with van der Waals surface area (Å²) < 4.78 is 0. The number of nitrogens with one attached hydrogen (secondary N) is 2. The molecule has 0 spiro atoms. The van der Waals surface area contributed by atoms with Crippen LogP contribution in [0.15, 0.2) is 16.9 Å². The van der Waals surface area contributed by atoms with Crippen molar-refractivity contribution in [3.8, 4) is 0 Å². The van der Waals surface area contributed by atoms with Crippen molar-refractivity contribution < 1.29 is 4.79 Å². The molecular weight excluding hydrogens is 248 g/mol. The van der Waals surface area contributed by atoms with E-state index in [1.165, 1.54) is 0 Å². The van der Waals surface area contributed by atoms with Gasteiger partial charge in [-0.25, -0.2) is 0 Å². The molecule has 1 aromatic rings. The molecule has 0 atom stereocenters. The monoisotopic (exact) mass is 266 g/mol. The van der Waals surface area contributed by atoms with Crippen LogP contribution in [0, 0.1) is 0 Å². The summed E-state index contributed by atoms with van der Waals surface area (Å²) >= 11 is 1.75. The molecule has 5 heteroatoms. The lowest BCUT2D eigenvalue weighted by Crippen LogP contribution is -2.30. The second-order valence-electron chi connectivity index (χ2n) is 4.53. The fraction of sp³-hybridized carbons (Fsp3) is 0.538. The van der Waals surface area contributed by atoms with Gasteiger partial charge in [-0.1, -0.05) is 0 Å². The van der Waals surface area contributed by atoms with Crippen LogP contribution >= 0.6 is 11.8 Å². The minimum atomic E-state index is -0.278. The van der Waals surface area contributed by atoms with Gasteiger partial charge in [-0.05, 0) is 49.3 Å². The largest absolute Gasteiger partial charge is 0.352 e. The summed E-state index contributed by atoms with van der Waals surface area (Å²) in [6, 6.07) is 3.49. The van der Waals surface area contributed by atoms with E-state index in [1.807, 2.05) is 12.3 Å². The zero-order valence-corrected chi connectivity index (χ0v) is 11.3. The van der Waals surface area contributed by atoms with Crippen molar-refractivity contribution >= 4 is 17.7 Å². The summed E-state index contributed by atoms with van der Waals surface area (Å²) in [6.45, 7) is 0.615. The Bertz CT molecular complexity index is 480. The third kappa shape index (κ3) is 3.38. The van der Waals surface area contributed by atoms with Gasteiger partial charge < -0.3 is 10.3 Å². The van der Waals surface area contributed by atoms with Crippen molar-refractivity contribution in [2.24, 2.45) is 0 Å². The average Bonchev–Trinajstić information content (AvgIpc) is 3.18. The first kappa shape index (κ1) is 13.2. The van der Waals surface area contributed by atoms with Crippen LogP contribution in [0.4, 0.5) is 0 Å². The minimum absolute atomic E-state index is 0.212. The van der Waals surface area contributed by atoms with Gasteiger partial charge in [-0.3, -0.25) is 9.59 Å². The van der Waals surface area contributed by atoms with Crippen molar-refractivity contribution in [1.29, 1.82) is 0 Å². The minimum Gasteiger partial charge on any atom is -0.352 e. The number of amides is 1. The number of hydrogen-bond donors (Lipinski definition) is 2. The van der Waals surface area contributed by atoms with Gasteiger partial charge in [-0.15, -0.1) is 0 Å². The van der Waals surface area contributed by atoms with Gasteiger partial charge in [0.25, 0.3) is 11.5 Å². The molecular formula is C13H18N2O2S. The van der Waals surface area contributed by atoms with E-state index in [0.29, 0.717) is 12.5 Å². The second-order valence-corrected chi connectivity index (χ2v) is 5.52. The van der Waals surface area contributed by atoms with Crippen molar-refractivity contribution in [2.75, 3.05) is 18.6 Å². The maximum atomic E-state index is 11.8. The van der Waals surface area contributed by atoms with Crippen LogP contribution in [0.1, 0.15) is 41.2 Å². The Hall–Kier alpha value is -1.23. The first-order valence-electron chi connectivity index (χ1n) is 6.22. The lowest BCUT2D eigenvalue weighted by Gasteiger charge is -2.05. The molecule has 2 N–H and O–H groups in total. The molecule has 1 aliphatic rings. The van der Waals surface area contributed by atoms with Gasteiger partial charge >= 0.3 is 0 Å². The predicted molar refractivity (Wildman–Crippen MR) is 74.4 cm³/mol. The number of H-pyrrole nitrogens is 1. The molecule has 1 amide bonds. The molecule has 1 fully saturated rings. The molecule has 98 valence electrons. The van der Waals surface area contributed by atoms with Crippen molar-refractivity contribution in [1.82, 2.24) is 10.3 Å². The lowest BCUT2D eigenvalue weighted by atomic mass is 10.2. The number of hydrogen-bond acceptors (Lipinski definition) is 3. The maximum Gasteiger partial charge on any atom is 0.261 e. The van der Waals surface area contributed by atoms with Crippen LogP contribution in [0.2, 0.25) is 0 Å². The fourth-order valence-electron chi connectivity index (χ4n) is 1.81. The number of pyridine rings is 1. The first-order valence-corrected chi connectivity index (χ1v) is 7.62. The van der Waals surface area contributed by atoms with E-state index in [1.54, 1.807) is 17.8 Å². The zero-order chi connectivity index (χ0) is 13.0. The van der Waals surface area contributed by atoms with E-state index in [4.69, 9.17) is 0 Å². The zero-order valence-electron chi connectivity index (χ0n) is 10.5. The molecule has 0 saturated heterocycles. The van der Waals surface area contributed by atoms with Crippen LogP contribution in [0.3, 0.4) is 0 Å². The van der Waals surface area contributed by atoms with Gasteiger partial charge in [0.2, 0.25) is 0 Å². The fourth-order valence-corrected chi connectivity index (χ4v) is 2.25. The molecule has 1 aliphatic carbocycles. The van der Waals surface area contributed by atoms with Gasteiger partial charge in [0, 0.05) is 12.2 Å². The third-order valence-electron chi connectivity index (χ3n) is 3.00. The maximum absolute atomic E-state index is 11.8.